The number of amides is 1. The van der Waals surface area contributed by atoms with Crippen LogP contribution in [0, 0.1) is 5.92 Å². The molecule has 0 bridgehead atoms. The topological polar surface area (TPSA) is 20.3 Å². The zero-order valence-corrected chi connectivity index (χ0v) is 10.2. The van der Waals surface area contributed by atoms with Gasteiger partial charge in [0.05, 0.1) is 0 Å². The van der Waals surface area contributed by atoms with E-state index in [0.717, 1.165) is 38.8 Å². The third kappa shape index (κ3) is 4.64. The molecule has 1 amide bonds. The predicted octanol–water partition coefficient (Wildman–Crippen LogP) is 3.07. The van der Waals surface area contributed by atoms with Gasteiger partial charge in [0, 0.05) is 19.0 Å². The second-order valence-electron chi connectivity index (χ2n) is 3.99. The third-order valence-corrected chi connectivity index (χ3v) is 2.62. The van der Waals surface area contributed by atoms with E-state index in [1.807, 2.05) is 11.8 Å². The largest absolute Gasteiger partial charge is 0.342 e. The van der Waals surface area contributed by atoms with Crippen LogP contribution in [0.15, 0.2) is 0 Å². The highest BCUT2D eigenvalue weighted by Crippen LogP contribution is 2.08. The molecule has 0 saturated heterocycles. The number of unbranched alkanes of at least 4 members (excludes halogenated alkanes) is 1. The normalized spacial score (nSPS) is 12.6. The molecule has 0 aliphatic heterocycles. The summed E-state index contributed by atoms with van der Waals surface area (Å²) in [4.78, 5) is 13.9. The quantitative estimate of drug-likeness (QED) is 0.617. The van der Waals surface area contributed by atoms with Crippen LogP contribution >= 0.6 is 0 Å². The lowest BCUT2D eigenvalue weighted by Gasteiger charge is -2.24. The van der Waals surface area contributed by atoms with E-state index >= 15 is 0 Å². The van der Waals surface area contributed by atoms with Crippen LogP contribution < -0.4 is 0 Å². The maximum Gasteiger partial charge on any atom is 0.225 e. The Hall–Kier alpha value is -0.530. The van der Waals surface area contributed by atoms with Crippen molar-refractivity contribution in [3.8, 4) is 0 Å². The minimum atomic E-state index is 0.193. The summed E-state index contributed by atoms with van der Waals surface area (Å²) in [6.07, 6.45) is 4.30. The number of hydrogen-bond acceptors (Lipinski definition) is 1. The minimum Gasteiger partial charge on any atom is -0.342 e. The van der Waals surface area contributed by atoms with E-state index in [0.29, 0.717) is 5.91 Å². The van der Waals surface area contributed by atoms with Crippen molar-refractivity contribution in [2.45, 2.75) is 53.4 Å². The van der Waals surface area contributed by atoms with Crippen molar-refractivity contribution >= 4 is 5.91 Å². The van der Waals surface area contributed by atoms with Crippen molar-refractivity contribution in [1.29, 1.82) is 0 Å². The van der Waals surface area contributed by atoms with Gasteiger partial charge in [-0.25, -0.2) is 0 Å². The molecule has 0 N–H and O–H groups in total. The number of carbonyl (C=O) groups is 1. The number of hydrogen-bond donors (Lipinski definition) is 0. The second kappa shape index (κ2) is 7.84. The Kier molecular flexibility index (Phi) is 7.54. The predicted molar refractivity (Wildman–Crippen MR) is 61.2 cm³/mol. The first kappa shape index (κ1) is 13.5. The first-order valence-electron chi connectivity index (χ1n) is 5.96. The molecule has 0 heterocycles. The fraction of sp³-hybridized carbons (Fsp3) is 0.917. The molecule has 0 fully saturated rings. The van der Waals surface area contributed by atoms with Gasteiger partial charge in [-0.3, -0.25) is 4.79 Å². The molecule has 0 aliphatic carbocycles. The van der Waals surface area contributed by atoms with Gasteiger partial charge in [-0.2, -0.15) is 0 Å². The van der Waals surface area contributed by atoms with Gasteiger partial charge in [-0.15, -0.1) is 0 Å². The van der Waals surface area contributed by atoms with Crippen LogP contribution in [0.4, 0.5) is 0 Å². The van der Waals surface area contributed by atoms with Gasteiger partial charge in [0.1, 0.15) is 0 Å². The van der Waals surface area contributed by atoms with E-state index in [-0.39, 0.29) is 5.92 Å². The molecule has 1 atom stereocenters. The van der Waals surface area contributed by atoms with Gasteiger partial charge in [0.15, 0.2) is 0 Å². The van der Waals surface area contributed by atoms with E-state index in [1.165, 1.54) is 0 Å². The fourth-order valence-electron chi connectivity index (χ4n) is 1.44. The Balaban J connectivity index is 4.10. The molecule has 2 nitrogen and oxygen atoms in total. The maximum atomic E-state index is 11.9. The summed E-state index contributed by atoms with van der Waals surface area (Å²) in [5, 5.41) is 0. The molecule has 0 aromatic rings. The molecule has 1 unspecified atom stereocenters. The summed E-state index contributed by atoms with van der Waals surface area (Å²) in [5.41, 5.74) is 0. The summed E-state index contributed by atoms with van der Waals surface area (Å²) in [7, 11) is 0. The fourth-order valence-corrected chi connectivity index (χ4v) is 1.44. The summed E-state index contributed by atoms with van der Waals surface area (Å²) in [6, 6.07) is 0. The number of carbonyl (C=O) groups excluding carboxylic acids is 1. The standard InChI is InChI=1S/C12H25NO/c1-5-8-10-13(9-6-2)12(14)11(4)7-3/h11H,5-10H2,1-4H3. The van der Waals surface area contributed by atoms with E-state index in [9.17, 15) is 4.79 Å². The Morgan fingerprint density at radius 2 is 1.79 bits per heavy atom. The van der Waals surface area contributed by atoms with Crippen molar-refractivity contribution in [2.24, 2.45) is 5.92 Å². The van der Waals surface area contributed by atoms with E-state index in [1.54, 1.807) is 0 Å². The molecule has 0 spiro atoms. The van der Waals surface area contributed by atoms with Crippen LogP contribution in [0.1, 0.15) is 53.4 Å². The second-order valence-corrected chi connectivity index (χ2v) is 3.99. The Morgan fingerprint density at radius 3 is 2.21 bits per heavy atom. The van der Waals surface area contributed by atoms with Gasteiger partial charge in [0.25, 0.3) is 0 Å². The van der Waals surface area contributed by atoms with Crippen molar-refractivity contribution in [2.75, 3.05) is 13.1 Å². The zero-order chi connectivity index (χ0) is 11.0. The van der Waals surface area contributed by atoms with Crippen LogP contribution in [-0.4, -0.2) is 23.9 Å². The molecule has 0 aromatic carbocycles. The van der Waals surface area contributed by atoms with Crippen molar-refractivity contribution < 1.29 is 4.79 Å². The van der Waals surface area contributed by atoms with Crippen LogP contribution in [0.5, 0.6) is 0 Å². The van der Waals surface area contributed by atoms with Crippen LogP contribution in [0.2, 0.25) is 0 Å². The molecular formula is C12H25NO. The molecule has 14 heavy (non-hydrogen) atoms. The molecule has 0 rings (SSSR count). The Morgan fingerprint density at radius 1 is 1.14 bits per heavy atom. The lowest BCUT2D eigenvalue weighted by molar-refractivity contribution is -0.135. The van der Waals surface area contributed by atoms with Gasteiger partial charge in [-0.05, 0) is 19.3 Å². The van der Waals surface area contributed by atoms with Gasteiger partial charge in [0.2, 0.25) is 5.91 Å². The van der Waals surface area contributed by atoms with Crippen LogP contribution in [0.25, 0.3) is 0 Å². The van der Waals surface area contributed by atoms with Crippen molar-refractivity contribution in [3.63, 3.8) is 0 Å². The van der Waals surface area contributed by atoms with Gasteiger partial charge < -0.3 is 4.90 Å². The minimum absolute atomic E-state index is 0.193. The van der Waals surface area contributed by atoms with Crippen LogP contribution in [0.3, 0.4) is 0 Å². The van der Waals surface area contributed by atoms with E-state index in [4.69, 9.17) is 0 Å². The molecule has 0 aliphatic rings. The monoisotopic (exact) mass is 199 g/mol. The molecule has 84 valence electrons. The molecular weight excluding hydrogens is 174 g/mol. The summed E-state index contributed by atoms with van der Waals surface area (Å²) in [6.45, 7) is 10.3. The average Bonchev–Trinajstić information content (AvgIpc) is 2.22. The maximum absolute atomic E-state index is 11.9. The van der Waals surface area contributed by atoms with Gasteiger partial charge in [-0.1, -0.05) is 34.1 Å². The summed E-state index contributed by atoms with van der Waals surface area (Å²) < 4.78 is 0. The molecule has 0 aromatic heterocycles. The van der Waals surface area contributed by atoms with Crippen LogP contribution in [-0.2, 0) is 4.79 Å². The SMILES string of the molecule is CCCCN(CCC)C(=O)C(C)CC. The third-order valence-electron chi connectivity index (χ3n) is 2.62. The van der Waals surface area contributed by atoms with E-state index < -0.39 is 0 Å². The van der Waals surface area contributed by atoms with Crippen molar-refractivity contribution in [1.82, 2.24) is 4.90 Å². The summed E-state index contributed by atoms with van der Waals surface area (Å²) in [5.74, 6) is 0.529. The van der Waals surface area contributed by atoms with E-state index in [2.05, 4.69) is 20.8 Å². The Labute approximate surface area is 88.7 Å². The number of nitrogens with zero attached hydrogens (tertiary/aromatic N) is 1. The first-order chi connectivity index (χ1) is 6.67. The van der Waals surface area contributed by atoms with Gasteiger partial charge >= 0.3 is 0 Å². The highest BCUT2D eigenvalue weighted by atomic mass is 16.2. The molecule has 0 radical (unpaired) electrons. The highest BCUT2D eigenvalue weighted by Gasteiger charge is 2.17. The molecule has 0 saturated carbocycles. The number of rotatable bonds is 7. The lowest BCUT2D eigenvalue weighted by atomic mass is 10.1. The van der Waals surface area contributed by atoms with Crippen molar-refractivity contribution in [3.05, 3.63) is 0 Å². The highest BCUT2D eigenvalue weighted by molar-refractivity contribution is 5.78. The smallest absolute Gasteiger partial charge is 0.225 e. The average molecular weight is 199 g/mol. The molecule has 2 heteroatoms. The summed E-state index contributed by atoms with van der Waals surface area (Å²) >= 11 is 0. The first-order valence-corrected chi connectivity index (χ1v) is 5.96. The zero-order valence-electron chi connectivity index (χ0n) is 10.2. The lowest BCUT2D eigenvalue weighted by Crippen LogP contribution is -2.36. The Bertz CT molecular complexity index is 156.